The molecule has 0 saturated carbocycles. The predicted octanol–water partition coefficient (Wildman–Crippen LogP) is 2.23. The summed E-state index contributed by atoms with van der Waals surface area (Å²) in [5.74, 6) is -0.732. The Hall–Kier alpha value is -3.20. The number of rotatable bonds is 5. The number of carbonyl (C=O) groups is 2. The van der Waals surface area contributed by atoms with Crippen LogP contribution in [0.1, 0.15) is 5.56 Å². The Balaban J connectivity index is 1.67. The number of aromatic nitrogens is 2. The Morgan fingerprint density at radius 1 is 1.14 bits per heavy atom. The van der Waals surface area contributed by atoms with E-state index in [0.29, 0.717) is 29.1 Å². The molecule has 1 N–H and O–H groups in total. The highest BCUT2D eigenvalue weighted by atomic mass is 32.2. The Morgan fingerprint density at radius 2 is 1.90 bits per heavy atom. The van der Waals surface area contributed by atoms with Crippen LogP contribution >= 0.6 is 11.8 Å². The Bertz CT molecular complexity index is 1150. The molecule has 1 aliphatic rings. The molecule has 0 radical (unpaired) electrons. The third-order valence-corrected chi connectivity index (χ3v) is 5.52. The van der Waals surface area contributed by atoms with Crippen LogP contribution in [0.15, 0.2) is 58.5 Å². The van der Waals surface area contributed by atoms with Crippen LogP contribution in [-0.4, -0.2) is 45.2 Å². The summed E-state index contributed by atoms with van der Waals surface area (Å²) in [6.45, 7) is 0.947. The summed E-state index contributed by atoms with van der Waals surface area (Å²) in [7, 11) is 0. The quantitative estimate of drug-likeness (QED) is 0.513. The van der Waals surface area contributed by atoms with Gasteiger partial charge >= 0.3 is 6.03 Å². The van der Waals surface area contributed by atoms with E-state index in [9.17, 15) is 18.8 Å². The van der Waals surface area contributed by atoms with Crippen LogP contribution in [0.4, 0.5) is 9.18 Å². The van der Waals surface area contributed by atoms with Gasteiger partial charge in [0.1, 0.15) is 5.82 Å². The van der Waals surface area contributed by atoms with Crippen molar-refractivity contribution in [3.8, 4) is 0 Å². The zero-order chi connectivity index (χ0) is 20.4. The number of carbonyl (C=O) groups excluding carboxylic acids is 2. The van der Waals surface area contributed by atoms with Crippen LogP contribution in [0.5, 0.6) is 0 Å². The van der Waals surface area contributed by atoms with Crippen LogP contribution in [0, 0.1) is 5.82 Å². The third-order valence-electron chi connectivity index (χ3n) is 4.56. The molecule has 1 fully saturated rings. The number of thioether (sulfide) groups is 1. The van der Waals surface area contributed by atoms with Gasteiger partial charge in [0.15, 0.2) is 5.16 Å². The fourth-order valence-corrected chi connectivity index (χ4v) is 3.96. The van der Waals surface area contributed by atoms with Gasteiger partial charge in [-0.1, -0.05) is 36.0 Å². The van der Waals surface area contributed by atoms with Crippen LogP contribution in [-0.2, 0) is 11.3 Å². The Kier molecular flexibility index (Phi) is 5.30. The van der Waals surface area contributed by atoms with Crippen LogP contribution in [0.2, 0.25) is 0 Å². The van der Waals surface area contributed by atoms with E-state index in [1.54, 1.807) is 36.4 Å². The van der Waals surface area contributed by atoms with Crippen molar-refractivity contribution in [2.45, 2.75) is 11.7 Å². The molecule has 2 aromatic carbocycles. The lowest BCUT2D eigenvalue weighted by molar-refractivity contribution is -0.124. The molecule has 1 aromatic heterocycles. The number of benzene rings is 2. The van der Waals surface area contributed by atoms with E-state index in [4.69, 9.17) is 0 Å². The fourth-order valence-electron chi connectivity index (χ4n) is 3.08. The summed E-state index contributed by atoms with van der Waals surface area (Å²) in [5.41, 5.74) is 1.02. The number of fused-ring (bicyclic) bond motifs is 1. The standard InChI is InChI=1S/C20H17FN4O3S/c21-14-7-5-13(6-8-14)11-25-18(27)15-3-1-2-4-16(15)23-20(25)29-12-17(26)24-10-9-22-19(24)28/h1-8H,9-12H2,(H,22,28). The van der Waals surface area contributed by atoms with Crippen molar-refractivity contribution in [3.63, 3.8) is 0 Å². The van der Waals surface area contributed by atoms with Gasteiger partial charge in [0, 0.05) is 13.1 Å². The molecular weight excluding hydrogens is 395 g/mol. The van der Waals surface area contributed by atoms with E-state index < -0.39 is 6.03 Å². The lowest BCUT2D eigenvalue weighted by Gasteiger charge is -2.15. The number of nitrogens with one attached hydrogen (secondary N) is 1. The van der Waals surface area contributed by atoms with Crippen molar-refractivity contribution in [1.82, 2.24) is 19.8 Å². The lowest BCUT2D eigenvalue weighted by atomic mass is 10.2. The minimum absolute atomic E-state index is 0.0262. The maximum Gasteiger partial charge on any atom is 0.324 e. The summed E-state index contributed by atoms with van der Waals surface area (Å²) in [4.78, 5) is 42.8. The second-order valence-corrected chi connectivity index (χ2v) is 7.44. The normalized spacial score (nSPS) is 13.7. The number of hydrogen-bond donors (Lipinski definition) is 1. The summed E-state index contributed by atoms with van der Waals surface area (Å²) >= 11 is 1.10. The molecule has 7 nitrogen and oxygen atoms in total. The SMILES string of the molecule is O=C(CSc1nc2ccccc2c(=O)n1Cc1ccc(F)cc1)N1CCNC1=O. The minimum Gasteiger partial charge on any atom is -0.336 e. The van der Waals surface area contributed by atoms with E-state index in [1.807, 2.05) is 0 Å². The molecule has 3 amide bonds. The topological polar surface area (TPSA) is 84.3 Å². The van der Waals surface area contributed by atoms with Gasteiger partial charge in [-0.15, -0.1) is 0 Å². The molecule has 0 aliphatic carbocycles. The van der Waals surface area contributed by atoms with Crippen molar-refractivity contribution in [2.75, 3.05) is 18.8 Å². The van der Waals surface area contributed by atoms with Gasteiger partial charge in [-0.25, -0.2) is 14.2 Å². The summed E-state index contributed by atoms with van der Waals surface area (Å²) < 4.78 is 14.7. The number of amides is 3. The molecule has 29 heavy (non-hydrogen) atoms. The van der Waals surface area contributed by atoms with Gasteiger partial charge < -0.3 is 5.32 Å². The zero-order valence-corrected chi connectivity index (χ0v) is 16.1. The summed E-state index contributed by atoms with van der Waals surface area (Å²) in [6, 6.07) is 12.4. The first-order valence-electron chi connectivity index (χ1n) is 8.98. The molecule has 0 spiro atoms. The van der Waals surface area contributed by atoms with E-state index >= 15 is 0 Å². The molecule has 0 unspecified atom stereocenters. The second-order valence-electron chi connectivity index (χ2n) is 6.50. The van der Waals surface area contributed by atoms with Crippen LogP contribution < -0.4 is 10.9 Å². The molecule has 0 bridgehead atoms. The first-order valence-corrected chi connectivity index (χ1v) is 9.96. The van der Waals surface area contributed by atoms with Crippen molar-refractivity contribution in [2.24, 2.45) is 0 Å². The highest BCUT2D eigenvalue weighted by Crippen LogP contribution is 2.20. The van der Waals surface area contributed by atoms with Gasteiger partial charge in [-0.05, 0) is 29.8 Å². The zero-order valence-electron chi connectivity index (χ0n) is 15.3. The van der Waals surface area contributed by atoms with Gasteiger partial charge in [0.05, 0.1) is 23.2 Å². The maximum absolute atomic E-state index is 13.2. The molecule has 2 heterocycles. The minimum atomic E-state index is -0.411. The number of nitrogens with zero attached hydrogens (tertiary/aromatic N) is 3. The summed E-state index contributed by atoms with van der Waals surface area (Å²) in [6.07, 6.45) is 0. The molecule has 4 rings (SSSR count). The van der Waals surface area contributed by atoms with Crippen molar-refractivity contribution in [3.05, 3.63) is 70.3 Å². The molecule has 148 valence electrons. The second kappa shape index (κ2) is 8.04. The van der Waals surface area contributed by atoms with Gasteiger partial charge in [-0.2, -0.15) is 0 Å². The third kappa shape index (κ3) is 4.00. The summed E-state index contributed by atoms with van der Waals surface area (Å²) in [5, 5.41) is 3.41. The largest absolute Gasteiger partial charge is 0.336 e. The van der Waals surface area contributed by atoms with E-state index in [1.165, 1.54) is 16.7 Å². The monoisotopic (exact) mass is 412 g/mol. The lowest BCUT2D eigenvalue weighted by Crippen LogP contribution is -2.35. The van der Waals surface area contributed by atoms with E-state index in [2.05, 4.69) is 10.3 Å². The highest BCUT2D eigenvalue weighted by molar-refractivity contribution is 7.99. The number of para-hydroxylation sites is 1. The van der Waals surface area contributed by atoms with E-state index in [0.717, 1.165) is 22.2 Å². The van der Waals surface area contributed by atoms with Crippen molar-refractivity contribution >= 4 is 34.6 Å². The molecule has 0 atom stereocenters. The number of hydrogen-bond acceptors (Lipinski definition) is 5. The maximum atomic E-state index is 13.2. The first kappa shape index (κ1) is 19.1. The first-order chi connectivity index (χ1) is 14.0. The average Bonchev–Trinajstić information content (AvgIpc) is 3.16. The van der Waals surface area contributed by atoms with Crippen molar-refractivity contribution < 1.29 is 14.0 Å². The Morgan fingerprint density at radius 3 is 2.62 bits per heavy atom. The molecular formula is C20H17FN4O3S. The fraction of sp³-hybridized carbons (Fsp3) is 0.200. The predicted molar refractivity (Wildman–Crippen MR) is 107 cm³/mol. The van der Waals surface area contributed by atoms with Crippen molar-refractivity contribution in [1.29, 1.82) is 0 Å². The number of urea groups is 1. The molecule has 9 heteroatoms. The molecule has 3 aromatic rings. The smallest absolute Gasteiger partial charge is 0.324 e. The number of halogens is 1. The Labute approximate surface area is 169 Å². The average molecular weight is 412 g/mol. The highest BCUT2D eigenvalue weighted by Gasteiger charge is 2.26. The molecule has 1 aliphatic heterocycles. The van der Waals surface area contributed by atoms with E-state index in [-0.39, 0.29) is 29.6 Å². The van der Waals surface area contributed by atoms with Gasteiger partial charge in [0.2, 0.25) is 5.91 Å². The number of imide groups is 1. The van der Waals surface area contributed by atoms with Gasteiger partial charge in [0.25, 0.3) is 5.56 Å². The molecule has 1 saturated heterocycles. The van der Waals surface area contributed by atoms with Crippen LogP contribution in [0.25, 0.3) is 10.9 Å². The van der Waals surface area contributed by atoms with Gasteiger partial charge in [-0.3, -0.25) is 19.1 Å². The van der Waals surface area contributed by atoms with Crippen LogP contribution in [0.3, 0.4) is 0 Å².